The van der Waals surface area contributed by atoms with Crippen molar-refractivity contribution in [2.75, 3.05) is 0 Å². The number of hydrogen-bond acceptors (Lipinski definition) is 3. The highest BCUT2D eigenvalue weighted by Gasteiger charge is 2.13. The van der Waals surface area contributed by atoms with Gasteiger partial charge in [-0.05, 0) is 40.7 Å². The lowest BCUT2D eigenvalue weighted by Crippen LogP contribution is -2.02. The van der Waals surface area contributed by atoms with Gasteiger partial charge in [0.25, 0.3) is 0 Å². The van der Waals surface area contributed by atoms with E-state index in [4.69, 9.17) is 15.0 Å². The summed E-state index contributed by atoms with van der Waals surface area (Å²) < 4.78 is 0. The molecule has 0 unspecified atom stereocenters. The fourth-order valence-corrected chi connectivity index (χ4v) is 2.92. The molecule has 0 aliphatic carbocycles. The Morgan fingerprint density at radius 2 is 1.14 bits per heavy atom. The minimum Gasteiger partial charge on any atom is -0.208 e. The molecular weight excluding hydrogens is 354 g/mol. The highest BCUT2D eigenvalue weighted by molar-refractivity contribution is 5.74. The van der Waals surface area contributed by atoms with Crippen LogP contribution in [0.2, 0.25) is 0 Å². The van der Waals surface area contributed by atoms with Crippen molar-refractivity contribution in [3.8, 4) is 22.8 Å². The van der Waals surface area contributed by atoms with Gasteiger partial charge in [-0.15, -0.1) is 0 Å². The number of allylic oxidation sites excluding steroid dienone is 5. The van der Waals surface area contributed by atoms with E-state index >= 15 is 0 Å². The molecule has 0 saturated carbocycles. The van der Waals surface area contributed by atoms with Gasteiger partial charge in [-0.1, -0.05) is 83.5 Å². The molecule has 3 rings (SSSR count). The van der Waals surface area contributed by atoms with Gasteiger partial charge in [-0.25, -0.2) is 15.0 Å². The van der Waals surface area contributed by atoms with Crippen LogP contribution in [-0.2, 0) is 0 Å². The summed E-state index contributed by atoms with van der Waals surface area (Å²) >= 11 is 0. The van der Waals surface area contributed by atoms with Gasteiger partial charge in [0.2, 0.25) is 0 Å². The number of aromatic nitrogens is 3. The zero-order chi connectivity index (χ0) is 21.0. The number of aryl methyl sites for hydroxylation is 2. The van der Waals surface area contributed by atoms with Crippen LogP contribution in [0.4, 0.5) is 0 Å². The highest BCUT2D eigenvalue weighted by atomic mass is 15.0. The fraction of sp³-hybridized carbons (Fsp3) is 0.192. The fourth-order valence-electron chi connectivity index (χ4n) is 2.92. The topological polar surface area (TPSA) is 38.7 Å². The van der Waals surface area contributed by atoms with E-state index < -0.39 is 0 Å². The van der Waals surface area contributed by atoms with Crippen molar-refractivity contribution in [2.45, 2.75) is 34.6 Å². The van der Waals surface area contributed by atoms with Crippen molar-refractivity contribution in [1.82, 2.24) is 15.0 Å². The Morgan fingerprint density at radius 1 is 0.690 bits per heavy atom. The molecular formula is C26H27N3. The van der Waals surface area contributed by atoms with Gasteiger partial charge in [-0.2, -0.15) is 0 Å². The molecule has 1 aromatic heterocycles. The van der Waals surface area contributed by atoms with Gasteiger partial charge in [-0.3, -0.25) is 0 Å². The number of hydrogen-bond donors (Lipinski definition) is 0. The SMILES string of the molecule is C=C(C)/C=C(\C=C(C)C)c1nc(-c2ccc(C)cc2)nc(-c2ccc(C)cc2)n1. The summed E-state index contributed by atoms with van der Waals surface area (Å²) in [5.74, 6) is 1.98. The first-order valence-corrected chi connectivity index (χ1v) is 9.74. The Kier molecular flexibility index (Phi) is 6.18. The van der Waals surface area contributed by atoms with E-state index in [0.717, 1.165) is 22.3 Å². The van der Waals surface area contributed by atoms with Crippen molar-refractivity contribution in [3.05, 3.63) is 95.4 Å². The zero-order valence-electron chi connectivity index (χ0n) is 17.8. The molecule has 0 radical (unpaired) electrons. The summed E-state index contributed by atoms with van der Waals surface area (Å²) in [4.78, 5) is 14.4. The second kappa shape index (κ2) is 8.78. The standard InChI is InChI=1S/C26H27N3/c1-17(2)15-23(16-18(3)4)26-28-24(21-11-7-19(5)8-12-21)27-25(29-26)22-13-9-20(6)10-14-22/h7-16H,1H2,2-6H3/b23-15+. The average Bonchev–Trinajstić information content (AvgIpc) is 2.67. The monoisotopic (exact) mass is 381 g/mol. The molecule has 0 aliphatic heterocycles. The first-order chi connectivity index (χ1) is 13.8. The molecule has 0 bridgehead atoms. The minimum atomic E-state index is 0.648. The van der Waals surface area contributed by atoms with Crippen LogP contribution in [0.15, 0.2) is 78.4 Å². The second-order valence-corrected chi connectivity index (χ2v) is 7.71. The molecule has 0 amide bonds. The van der Waals surface area contributed by atoms with Crippen LogP contribution in [0.3, 0.4) is 0 Å². The van der Waals surface area contributed by atoms with Gasteiger partial charge in [0.1, 0.15) is 0 Å². The summed E-state index contributed by atoms with van der Waals surface area (Å²) in [6.45, 7) is 14.3. The van der Waals surface area contributed by atoms with Crippen LogP contribution in [0.25, 0.3) is 28.3 Å². The maximum absolute atomic E-state index is 4.81. The smallest absolute Gasteiger partial charge is 0.164 e. The van der Waals surface area contributed by atoms with E-state index in [1.54, 1.807) is 0 Å². The molecule has 0 aliphatic rings. The molecule has 0 N–H and O–H groups in total. The number of rotatable bonds is 5. The van der Waals surface area contributed by atoms with Crippen molar-refractivity contribution < 1.29 is 0 Å². The van der Waals surface area contributed by atoms with E-state index in [-0.39, 0.29) is 0 Å². The van der Waals surface area contributed by atoms with Crippen LogP contribution in [0.5, 0.6) is 0 Å². The lowest BCUT2D eigenvalue weighted by Gasteiger charge is -2.10. The molecule has 0 atom stereocenters. The molecule has 146 valence electrons. The summed E-state index contributed by atoms with van der Waals surface area (Å²) in [6.07, 6.45) is 4.10. The molecule has 3 nitrogen and oxygen atoms in total. The Balaban J connectivity index is 2.24. The maximum atomic E-state index is 4.81. The van der Waals surface area contributed by atoms with Gasteiger partial charge in [0.15, 0.2) is 17.5 Å². The van der Waals surface area contributed by atoms with Crippen molar-refractivity contribution in [1.29, 1.82) is 0 Å². The maximum Gasteiger partial charge on any atom is 0.164 e. The van der Waals surface area contributed by atoms with E-state index in [0.29, 0.717) is 17.5 Å². The summed E-state index contributed by atoms with van der Waals surface area (Å²) in [7, 11) is 0. The Bertz CT molecular complexity index is 1020. The van der Waals surface area contributed by atoms with E-state index in [1.807, 2.05) is 13.0 Å². The lowest BCUT2D eigenvalue weighted by molar-refractivity contribution is 1.04. The third-order valence-electron chi connectivity index (χ3n) is 4.36. The summed E-state index contributed by atoms with van der Waals surface area (Å²) in [6, 6.07) is 16.5. The molecule has 29 heavy (non-hydrogen) atoms. The van der Waals surface area contributed by atoms with Crippen LogP contribution in [0.1, 0.15) is 37.7 Å². The predicted octanol–water partition coefficient (Wildman–Crippen LogP) is 6.75. The average molecular weight is 382 g/mol. The largest absolute Gasteiger partial charge is 0.208 e. The Morgan fingerprint density at radius 3 is 1.52 bits per heavy atom. The highest BCUT2D eigenvalue weighted by Crippen LogP contribution is 2.25. The molecule has 3 aromatic rings. The van der Waals surface area contributed by atoms with Crippen LogP contribution < -0.4 is 0 Å². The van der Waals surface area contributed by atoms with Crippen LogP contribution >= 0.6 is 0 Å². The quantitative estimate of drug-likeness (QED) is 0.459. The Hall–Kier alpha value is -3.33. The predicted molar refractivity (Wildman–Crippen MR) is 122 cm³/mol. The molecule has 0 spiro atoms. The van der Waals surface area contributed by atoms with Crippen molar-refractivity contribution in [2.24, 2.45) is 0 Å². The second-order valence-electron chi connectivity index (χ2n) is 7.71. The molecule has 0 saturated heterocycles. The van der Waals surface area contributed by atoms with Gasteiger partial charge in [0, 0.05) is 16.7 Å². The third-order valence-corrected chi connectivity index (χ3v) is 4.36. The van der Waals surface area contributed by atoms with Crippen LogP contribution in [0, 0.1) is 13.8 Å². The van der Waals surface area contributed by atoms with Gasteiger partial charge >= 0.3 is 0 Å². The first kappa shape index (κ1) is 20.4. The molecule has 2 aromatic carbocycles. The molecule has 3 heteroatoms. The van der Waals surface area contributed by atoms with E-state index in [9.17, 15) is 0 Å². The lowest BCUT2D eigenvalue weighted by atomic mass is 10.1. The minimum absolute atomic E-state index is 0.648. The van der Waals surface area contributed by atoms with Gasteiger partial charge in [0.05, 0.1) is 0 Å². The van der Waals surface area contributed by atoms with Crippen molar-refractivity contribution >= 4 is 5.57 Å². The third kappa shape index (κ3) is 5.35. The van der Waals surface area contributed by atoms with E-state index in [2.05, 4.69) is 88.9 Å². The van der Waals surface area contributed by atoms with Gasteiger partial charge < -0.3 is 0 Å². The number of nitrogens with zero attached hydrogens (tertiary/aromatic N) is 3. The van der Waals surface area contributed by atoms with E-state index in [1.165, 1.54) is 16.7 Å². The normalized spacial score (nSPS) is 11.3. The number of benzene rings is 2. The van der Waals surface area contributed by atoms with Crippen LogP contribution in [-0.4, -0.2) is 15.0 Å². The zero-order valence-corrected chi connectivity index (χ0v) is 17.8. The summed E-state index contributed by atoms with van der Waals surface area (Å²) in [5.41, 5.74) is 7.40. The van der Waals surface area contributed by atoms with Crippen molar-refractivity contribution in [3.63, 3.8) is 0 Å². The molecule has 0 fully saturated rings. The Labute approximate surface area is 173 Å². The molecule has 1 heterocycles. The first-order valence-electron chi connectivity index (χ1n) is 9.74. The summed E-state index contributed by atoms with van der Waals surface area (Å²) in [5, 5.41) is 0.